The van der Waals surface area contributed by atoms with Gasteiger partial charge in [-0.05, 0) is 43.7 Å². The Balaban J connectivity index is 1.87. The first-order valence-corrected chi connectivity index (χ1v) is 10.3. The number of nitrogens with zero attached hydrogens (tertiary/aromatic N) is 1. The van der Waals surface area contributed by atoms with E-state index in [1.807, 2.05) is 55.9 Å². The number of hydrogen-bond acceptors (Lipinski definition) is 3. The van der Waals surface area contributed by atoms with Crippen molar-refractivity contribution >= 4 is 23.6 Å². The second-order valence-electron chi connectivity index (χ2n) is 5.84. The molecule has 0 aromatic heterocycles. The van der Waals surface area contributed by atoms with Gasteiger partial charge in [0.15, 0.2) is 5.96 Å². The van der Waals surface area contributed by atoms with Gasteiger partial charge in [0, 0.05) is 35.8 Å². The van der Waals surface area contributed by atoms with E-state index in [4.69, 9.17) is 0 Å². The summed E-state index contributed by atoms with van der Waals surface area (Å²) in [5.74, 6) is 1.70. The number of guanidine groups is 1. The molecule has 144 valence electrons. The lowest BCUT2D eigenvalue weighted by Crippen LogP contribution is -2.38. The molecule has 0 spiro atoms. The Morgan fingerprint density at radius 2 is 1.74 bits per heavy atom. The SMILES string of the molecule is CCNC(=O)c1cccc(CN=C(NCC)NCCSc2ccccc2)c1. The molecule has 6 heteroatoms. The number of hydrogen-bond donors (Lipinski definition) is 3. The molecule has 1 amide bonds. The van der Waals surface area contributed by atoms with Crippen LogP contribution in [0.4, 0.5) is 0 Å². The van der Waals surface area contributed by atoms with Gasteiger partial charge in [0.2, 0.25) is 0 Å². The van der Waals surface area contributed by atoms with Gasteiger partial charge in [-0.15, -0.1) is 11.8 Å². The number of aliphatic imine (C=N–C) groups is 1. The number of benzene rings is 2. The molecule has 27 heavy (non-hydrogen) atoms. The lowest BCUT2D eigenvalue weighted by molar-refractivity contribution is 0.0955. The number of rotatable bonds is 9. The fourth-order valence-electron chi connectivity index (χ4n) is 2.44. The van der Waals surface area contributed by atoms with E-state index < -0.39 is 0 Å². The van der Waals surface area contributed by atoms with Crippen molar-refractivity contribution in [1.29, 1.82) is 0 Å². The average Bonchev–Trinajstić information content (AvgIpc) is 2.70. The fourth-order valence-corrected chi connectivity index (χ4v) is 3.23. The molecule has 0 aliphatic carbocycles. The van der Waals surface area contributed by atoms with Crippen LogP contribution in [0.1, 0.15) is 29.8 Å². The van der Waals surface area contributed by atoms with E-state index >= 15 is 0 Å². The number of carbonyl (C=O) groups is 1. The van der Waals surface area contributed by atoms with Gasteiger partial charge in [-0.3, -0.25) is 4.79 Å². The van der Waals surface area contributed by atoms with Gasteiger partial charge in [-0.25, -0.2) is 4.99 Å². The Morgan fingerprint density at radius 1 is 0.963 bits per heavy atom. The molecule has 0 aliphatic heterocycles. The van der Waals surface area contributed by atoms with Crippen LogP contribution in [0.5, 0.6) is 0 Å². The van der Waals surface area contributed by atoms with E-state index in [0.717, 1.165) is 30.4 Å². The summed E-state index contributed by atoms with van der Waals surface area (Å²) < 4.78 is 0. The topological polar surface area (TPSA) is 65.5 Å². The van der Waals surface area contributed by atoms with E-state index in [9.17, 15) is 4.79 Å². The Hall–Kier alpha value is -2.47. The van der Waals surface area contributed by atoms with Gasteiger partial charge >= 0.3 is 0 Å². The van der Waals surface area contributed by atoms with Gasteiger partial charge in [0.1, 0.15) is 0 Å². The van der Waals surface area contributed by atoms with Gasteiger partial charge < -0.3 is 16.0 Å². The predicted molar refractivity (Wildman–Crippen MR) is 114 cm³/mol. The molecule has 0 fully saturated rings. The highest BCUT2D eigenvalue weighted by atomic mass is 32.2. The van der Waals surface area contributed by atoms with E-state index in [-0.39, 0.29) is 5.91 Å². The Bertz CT molecular complexity index is 734. The van der Waals surface area contributed by atoms with Crippen molar-refractivity contribution in [2.75, 3.05) is 25.4 Å². The van der Waals surface area contributed by atoms with Crippen LogP contribution in [0.2, 0.25) is 0 Å². The highest BCUT2D eigenvalue weighted by molar-refractivity contribution is 7.99. The van der Waals surface area contributed by atoms with Crippen LogP contribution in [0.25, 0.3) is 0 Å². The predicted octanol–water partition coefficient (Wildman–Crippen LogP) is 3.28. The summed E-state index contributed by atoms with van der Waals surface area (Å²) in [6.07, 6.45) is 0. The normalized spacial score (nSPS) is 11.1. The standard InChI is InChI=1S/C21H28N4OS/c1-3-22-20(26)18-10-8-9-17(15-18)16-25-21(23-4-2)24-13-14-27-19-11-6-5-7-12-19/h5-12,15H,3-4,13-14,16H2,1-2H3,(H,22,26)(H2,23,24,25). The van der Waals surface area contributed by atoms with Crippen LogP contribution in [0.15, 0.2) is 64.5 Å². The summed E-state index contributed by atoms with van der Waals surface area (Å²) in [5, 5.41) is 9.44. The summed E-state index contributed by atoms with van der Waals surface area (Å²) in [4.78, 5) is 17.9. The summed E-state index contributed by atoms with van der Waals surface area (Å²) >= 11 is 1.82. The molecular weight excluding hydrogens is 356 g/mol. The van der Waals surface area contributed by atoms with Crippen LogP contribution in [-0.2, 0) is 6.54 Å². The molecule has 0 heterocycles. The van der Waals surface area contributed by atoms with Crippen LogP contribution < -0.4 is 16.0 Å². The molecule has 0 bridgehead atoms. The maximum atomic E-state index is 12.0. The average molecular weight is 385 g/mol. The third-order valence-electron chi connectivity index (χ3n) is 3.70. The maximum Gasteiger partial charge on any atom is 0.251 e. The minimum atomic E-state index is -0.0497. The summed E-state index contributed by atoms with van der Waals surface area (Å²) in [7, 11) is 0. The van der Waals surface area contributed by atoms with Crippen molar-refractivity contribution in [2.24, 2.45) is 4.99 Å². The molecular formula is C21H28N4OS. The van der Waals surface area contributed by atoms with E-state index in [1.54, 1.807) is 0 Å². The Morgan fingerprint density at radius 3 is 2.48 bits per heavy atom. The van der Waals surface area contributed by atoms with E-state index in [1.165, 1.54) is 4.90 Å². The zero-order valence-electron chi connectivity index (χ0n) is 16.0. The van der Waals surface area contributed by atoms with Crippen molar-refractivity contribution in [1.82, 2.24) is 16.0 Å². The number of nitrogens with one attached hydrogen (secondary N) is 3. The lowest BCUT2D eigenvalue weighted by atomic mass is 10.1. The van der Waals surface area contributed by atoms with Crippen LogP contribution in [0, 0.1) is 0 Å². The second kappa shape index (κ2) is 12.0. The van der Waals surface area contributed by atoms with Crippen molar-refractivity contribution in [3.05, 3.63) is 65.7 Å². The molecule has 0 radical (unpaired) electrons. The highest BCUT2D eigenvalue weighted by Gasteiger charge is 2.05. The van der Waals surface area contributed by atoms with Crippen LogP contribution in [-0.4, -0.2) is 37.3 Å². The van der Waals surface area contributed by atoms with Crippen LogP contribution >= 0.6 is 11.8 Å². The van der Waals surface area contributed by atoms with Crippen molar-refractivity contribution in [2.45, 2.75) is 25.3 Å². The monoisotopic (exact) mass is 384 g/mol. The Kier molecular flexibility index (Phi) is 9.27. The minimum Gasteiger partial charge on any atom is -0.357 e. The van der Waals surface area contributed by atoms with Crippen molar-refractivity contribution in [3.8, 4) is 0 Å². The van der Waals surface area contributed by atoms with Gasteiger partial charge in [-0.1, -0.05) is 30.3 Å². The molecule has 0 aliphatic rings. The number of carbonyl (C=O) groups excluding carboxylic acids is 1. The molecule has 2 rings (SSSR count). The van der Waals surface area contributed by atoms with Crippen molar-refractivity contribution in [3.63, 3.8) is 0 Å². The summed E-state index contributed by atoms with van der Waals surface area (Å²) in [5.41, 5.74) is 1.68. The largest absolute Gasteiger partial charge is 0.357 e. The summed E-state index contributed by atoms with van der Waals surface area (Å²) in [6.45, 7) is 6.73. The molecule has 0 atom stereocenters. The highest BCUT2D eigenvalue weighted by Crippen LogP contribution is 2.15. The molecule has 3 N–H and O–H groups in total. The first kappa shape index (κ1) is 20.8. The quantitative estimate of drug-likeness (QED) is 0.269. The minimum absolute atomic E-state index is 0.0497. The van der Waals surface area contributed by atoms with Crippen molar-refractivity contribution < 1.29 is 4.79 Å². The van der Waals surface area contributed by atoms with Crippen LogP contribution in [0.3, 0.4) is 0 Å². The molecule has 0 saturated heterocycles. The first-order valence-electron chi connectivity index (χ1n) is 9.30. The van der Waals surface area contributed by atoms with E-state index in [2.05, 4.69) is 45.2 Å². The Labute approximate surface area is 166 Å². The van der Waals surface area contributed by atoms with Gasteiger partial charge in [-0.2, -0.15) is 0 Å². The van der Waals surface area contributed by atoms with Gasteiger partial charge in [0.05, 0.1) is 6.54 Å². The molecule has 2 aromatic rings. The molecule has 0 unspecified atom stereocenters. The third kappa shape index (κ3) is 7.74. The zero-order valence-corrected chi connectivity index (χ0v) is 16.8. The lowest BCUT2D eigenvalue weighted by Gasteiger charge is -2.11. The van der Waals surface area contributed by atoms with Gasteiger partial charge in [0.25, 0.3) is 5.91 Å². The third-order valence-corrected chi connectivity index (χ3v) is 4.71. The molecule has 0 saturated carbocycles. The smallest absolute Gasteiger partial charge is 0.251 e. The molecule has 2 aromatic carbocycles. The second-order valence-corrected chi connectivity index (χ2v) is 7.01. The number of thioether (sulfide) groups is 1. The summed E-state index contributed by atoms with van der Waals surface area (Å²) in [6, 6.07) is 18.0. The fraction of sp³-hybridized carbons (Fsp3) is 0.333. The number of amides is 1. The van der Waals surface area contributed by atoms with E-state index in [0.29, 0.717) is 18.7 Å². The zero-order chi connectivity index (χ0) is 19.3. The maximum absolute atomic E-state index is 12.0. The first-order chi connectivity index (χ1) is 13.2. The molecule has 5 nitrogen and oxygen atoms in total.